The maximum absolute atomic E-state index is 12.5. The number of hydrogen-bond acceptors (Lipinski definition) is 4. The lowest BCUT2D eigenvalue weighted by atomic mass is 10.1. The Balaban J connectivity index is 2.16. The number of rotatable bonds is 4. The van der Waals surface area contributed by atoms with Gasteiger partial charge >= 0.3 is 0 Å². The van der Waals surface area contributed by atoms with Crippen LogP contribution in [0.1, 0.15) is 10.4 Å². The van der Waals surface area contributed by atoms with Crippen LogP contribution in [0.25, 0.3) is 0 Å². The average molecular weight is 290 g/mol. The van der Waals surface area contributed by atoms with Gasteiger partial charge < -0.3 is 20.1 Å². The van der Waals surface area contributed by atoms with E-state index in [1.54, 1.807) is 29.2 Å². The van der Waals surface area contributed by atoms with Crippen molar-refractivity contribution in [3.8, 4) is 0 Å². The van der Waals surface area contributed by atoms with E-state index in [0.29, 0.717) is 31.0 Å². The van der Waals surface area contributed by atoms with E-state index in [-0.39, 0.29) is 24.5 Å². The van der Waals surface area contributed by atoms with Crippen LogP contribution in [0.15, 0.2) is 36.9 Å². The number of nitrogens with zero attached hydrogens (tertiary/aromatic N) is 1. The van der Waals surface area contributed by atoms with Gasteiger partial charge in [-0.25, -0.2) is 0 Å². The standard InChI is InChI=1S/C15H18N2O4/c1-2-14(19)16-12-5-3-4-11(8-12)15(20)17-6-7-21-10-13(17)9-18/h2-5,8,13,18H,1,6-7,9-10H2,(H,16,19)/t13-/m1/s1. The average Bonchev–Trinajstić information content (AvgIpc) is 2.54. The van der Waals surface area contributed by atoms with Crippen LogP contribution in [0.3, 0.4) is 0 Å². The monoisotopic (exact) mass is 290 g/mol. The zero-order chi connectivity index (χ0) is 15.2. The van der Waals surface area contributed by atoms with E-state index in [0.717, 1.165) is 6.08 Å². The predicted octanol–water partition coefficient (Wildman–Crippen LogP) is 0.644. The summed E-state index contributed by atoms with van der Waals surface area (Å²) < 4.78 is 5.26. The first kappa shape index (κ1) is 15.2. The first-order valence-corrected chi connectivity index (χ1v) is 6.68. The van der Waals surface area contributed by atoms with Gasteiger partial charge in [-0.3, -0.25) is 9.59 Å². The highest BCUT2D eigenvalue weighted by Gasteiger charge is 2.27. The van der Waals surface area contributed by atoms with E-state index >= 15 is 0 Å². The number of hydrogen-bond donors (Lipinski definition) is 2. The molecular weight excluding hydrogens is 272 g/mol. The summed E-state index contributed by atoms with van der Waals surface area (Å²) in [6.07, 6.45) is 1.16. The highest BCUT2D eigenvalue weighted by Crippen LogP contribution is 2.16. The number of carbonyl (C=O) groups is 2. The molecule has 0 bridgehead atoms. The van der Waals surface area contributed by atoms with E-state index in [2.05, 4.69) is 11.9 Å². The van der Waals surface area contributed by atoms with Crippen molar-refractivity contribution in [1.29, 1.82) is 0 Å². The van der Waals surface area contributed by atoms with Gasteiger partial charge in [0.05, 0.1) is 25.9 Å². The molecule has 21 heavy (non-hydrogen) atoms. The maximum atomic E-state index is 12.5. The molecule has 1 fully saturated rings. The van der Waals surface area contributed by atoms with Crippen molar-refractivity contribution in [2.24, 2.45) is 0 Å². The highest BCUT2D eigenvalue weighted by atomic mass is 16.5. The molecule has 1 aliphatic rings. The van der Waals surface area contributed by atoms with Crippen LogP contribution in [-0.2, 0) is 9.53 Å². The minimum absolute atomic E-state index is 0.140. The van der Waals surface area contributed by atoms with Crippen LogP contribution in [0, 0.1) is 0 Å². The topological polar surface area (TPSA) is 78.9 Å². The minimum atomic E-state index is -0.335. The summed E-state index contributed by atoms with van der Waals surface area (Å²) in [5.41, 5.74) is 0.983. The van der Waals surface area contributed by atoms with Crippen LogP contribution >= 0.6 is 0 Å². The number of anilines is 1. The minimum Gasteiger partial charge on any atom is -0.394 e. The molecule has 2 rings (SSSR count). The van der Waals surface area contributed by atoms with Gasteiger partial charge in [0.2, 0.25) is 5.91 Å². The smallest absolute Gasteiger partial charge is 0.254 e. The molecule has 1 atom stereocenters. The van der Waals surface area contributed by atoms with Crippen LogP contribution in [0.4, 0.5) is 5.69 Å². The summed E-state index contributed by atoms with van der Waals surface area (Å²) in [5, 5.41) is 11.9. The van der Waals surface area contributed by atoms with Gasteiger partial charge in [-0.05, 0) is 24.3 Å². The van der Waals surface area contributed by atoms with Crippen LogP contribution < -0.4 is 5.32 Å². The first-order valence-electron chi connectivity index (χ1n) is 6.68. The summed E-state index contributed by atoms with van der Waals surface area (Å²) in [6.45, 7) is 4.46. The molecule has 0 aromatic heterocycles. The quantitative estimate of drug-likeness (QED) is 0.798. The molecular formula is C15H18N2O4. The molecule has 0 unspecified atom stereocenters. The second-order valence-electron chi connectivity index (χ2n) is 4.68. The fourth-order valence-corrected chi connectivity index (χ4v) is 2.16. The molecule has 2 amide bonds. The molecule has 1 saturated heterocycles. The second kappa shape index (κ2) is 7.01. The molecule has 1 aromatic carbocycles. The zero-order valence-corrected chi connectivity index (χ0v) is 11.6. The summed E-state index contributed by atoms with van der Waals surface area (Å²) >= 11 is 0. The Labute approximate surface area is 123 Å². The van der Waals surface area contributed by atoms with E-state index in [1.807, 2.05) is 0 Å². The van der Waals surface area contributed by atoms with Gasteiger partial charge in [-0.15, -0.1) is 0 Å². The number of amides is 2. The van der Waals surface area contributed by atoms with Crippen molar-refractivity contribution in [1.82, 2.24) is 4.90 Å². The fraction of sp³-hybridized carbons (Fsp3) is 0.333. The van der Waals surface area contributed by atoms with Crippen molar-refractivity contribution in [2.45, 2.75) is 6.04 Å². The zero-order valence-electron chi connectivity index (χ0n) is 11.6. The first-order chi connectivity index (χ1) is 10.2. The van der Waals surface area contributed by atoms with Crippen molar-refractivity contribution in [3.05, 3.63) is 42.5 Å². The van der Waals surface area contributed by atoms with Gasteiger partial charge in [0.25, 0.3) is 5.91 Å². The Hall–Kier alpha value is -2.18. The summed E-state index contributed by atoms with van der Waals surface area (Å²) in [7, 11) is 0. The van der Waals surface area contributed by atoms with Crippen LogP contribution in [-0.4, -0.2) is 54.2 Å². The van der Waals surface area contributed by atoms with E-state index in [1.165, 1.54) is 0 Å². The van der Waals surface area contributed by atoms with E-state index in [4.69, 9.17) is 4.74 Å². The molecule has 0 aliphatic carbocycles. The molecule has 0 saturated carbocycles. The van der Waals surface area contributed by atoms with E-state index in [9.17, 15) is 14.7 Å². The molecule has 1 aromatic rings. The maximum Gasteiger partial charge on any atom is 0.254 e. The third-order valence-corrected chi connectivity index (χ3v) is 3.26. The molecule has 1 heterocycles. The lowest BCUT2D eigenvalue weighted by Crippen LogP contribution is -2.50. The molecule has 6 nitrogen and oxygen atoms in total. The number of ether oxygens (including phenoxy) is 1. The van der Waals surface area contributed by atoms with Crippen molar-refractivity contribution in [3.63, 3.8) is 0 Å². The molecule has 6 heteroatoms. The Morgan fingerprint density at radius 2 is 2.33 bits per heavy atom. The van der Waals surface area contributed by atoms with Gasteiger partial charge in [-0.2, -0.15) is 0 Å². The summed E-state index contributed by atoms with van der Waals surface area (Å²) in [5.74, 6) is -0.522. The lowest BCUT2D eigenvalue weighted by Gasteiger charge is -2.34. The van der Waals surface area contributed by atoms with Crippen molar-refractivity contribution in [2.75, 3.05) is 31.7 Å². The van der Waals surface area contributed by atoms with Gasteiger partial charge in [0.15, 0.2) is 0 Å². The predicted molar refractivity (Wildman–Crippen MR) is 78.0 cm³/mol. The fourth-order valence-electron chi connectivity index (χ4n) is 2.16. The molecule has 2 N–H and O–H groups in total. The summed E-state index contributed by atoms with van der Waals surface area (Å²) in [6, 6.07) is 6.34. The number of morpholine rings is 1. The summed E-state index contributed by atoms with van der Waals surface area (Å²) in [4.78, 5) is 25.4. The van der Waals surface area contributed by atoms with Gasteiger partial charge in [0, 0.05) is 17.8 Å². The molecule has 1 aliphatic heterocycles. The number of aliphatic hydroxyl groups excluding tert-OH is 1. The SMILES string of the molecule is C=CC(=O)Nc1cccc(C(=O)N2CCOC[C@H]2CO)c1. The number of benzene rings is 1. The lowest BCUT2D eigenvalue weighted by molar-refractivity contribution is -0.111. The highest BCUT2D eigenvalue weighted by molar-refractivity contribution is 6.00. The van der Waals surface area contributed by atoms with Crippen molar-refractivity contribution >= 4 is 17.5 Å². The largest absolute Gasteiger partial charge is 0.394 e. The molecule has 0 spiro atoms. The Morgan fingerprint density at radius 1 is 1.52 bits per heavy atom. The molecule has 0 radical (unpaired) electrons. The Kier molecular flexibility index (Phi) is 5.08. The second-order valence-corrected chi connectivity index (χ2v) is 4.68. The number of carbonyl (C=O) groups excluding carboxylic acids is 2. The van der Waals surface area contributed by atoms with E-state index < -0.39 is 0 Å². The number of nitrogens with one attached hydrogen (secondary N) is 1. The van der Waals surface area contributed by atoms with Crippen LogP contribution in [0.5, 0.6) is 0 Å². The Morgan fingerprint density at radius 3 is 3.05 bits per heavy atom. The molecule has 112 valence electrons. The van der Waals surface area contributed by atoms with Crippen molar-refractivity contribution < 1.29 is 19.4 Å². The van der Waals surface area contributed by atoms with Gasteiger partial charge in [-0.1, -0.05) is 12.6 Å². The Bertz CT molecular complexity index is 544. The van der Waals surface area contributed by atoms with Crippen LogP contribution in [0.2, 0.25) is 0 Å². The van der Waals surface area contributed by atoms with Gasteiger partial charge in [0.1, 0.15) is 0 Å². The normalized spacial score (nSPS) is 18.1. The third kappa shape index (κ3) is 3.68. The third-order valence-electron chi connectivity index (χ3n) is 3.26. The number of aliphatic hydroxyl groups is 1.